The molecule has 0 spiro atoms. The molecule has 0 amide bonds. The maximum absolute atomic E-state index is 14.0. The molecule has 0 bridgehead atoms. The zero-order chi connectivity index (χ0) is 42.3. The molecule has 11 atom stereocenters. The fraction of sp³-hybridized carbons (Fsp3) is 0.277. The summed E-state index contributed by atoms with van der Waals surface area (Å²) in [5.41, 5.74) is 1.34. The van der Waals surface area contributed by atoms with Gasteiger partial charge in [0.15, 0.2) is 43.3 Å². The Balaban J connectivity index is 1.19. The third-order valence-electron chi connectivity index (χ3n) is 10.4. The number of fused-ring (bicyclic) bond motifs is 1. The number of aliphatic hydroxyl groups is 1. The monoisotopic (exact) mass is 830 g/mol. The van der Waals surface area contributed by atoms with E-state index >= 15 is 0 Å². The lowest BCUT2D eigenvalue weighted by molar-refractivity contribution is -0.385. The van der Waals surface area contributed by atoms with Crippen molar-refractivity contribution < 1.29 is 66.9 Å². The van der Waals surface area contributed by atoms with Gasteiger partial charge in [0.2, 0.25) is 0 Å². The molecule has 5 aromatic carbocycles. The minimum Gasteiger partial charge on any atom is -0.452 e. The smallest absolute Gasteiger partial charge is 0.338 e. The minimum absolute atomic E-state index is 0.0658. The summed E-state index contributed by atoms with van der Waals surface area (Å²) < 4.78 is 55.9. The van der Waals surface area contributed by atoms with Crippen LogP contribution in [0, 0.1) is 0 Å². The molecule has 3 aliphatic heterocycles. The first-order valence-electron chi connectivity index (χ1n) is 19.7. The third-order valence-corrected chi connectivity index (χ3v) is 10.4. The minimum atomic E-state index is -1.77. The van der Waals surface area contributed by atoms with Crippen LogP contribution in [0.5, 0.6) is 0 Å². The Labute approximate surface area is 350 Å². The van der Waals surface area contributed by atoms with E-state index in [0.29, 0.717) is 5.56 Å². The summed E-state index contributed by atoms with van der Waals surface area (Å²) in [6.07, 6.45) is -15.0. The molecule has 1 unspecified atom stereocenters. The van der Waals surface area contributed by atoms with Crippen LogP contribution >= 0.6 is 0 Å². The van der Waals surface area contributed by atoms with E-state index in [1.807, 2.05) is 18.2 Å². The Morgan fingerprint density at radius 3 is 1.38 bits per heavy atom. The third kappa shape index (κ3) is 9.55. The van der Waals surface area contributed by atoms with Gasteiger partial charge in [0.05, 0.1) is 35.0 Å². The average molecular weight is 831 g/mol. The van der Waals surface area contributed by atoms with Crippen molar-refractivity contribution >= 4 is 23.9 Å². The molecule has 0 aromatic heterocycles. The number of aliphatic hydroxyl groups excluding tert-OH is 1. The highest BCUT2D eigenvalue weighted by molar-refractivity contribution is 5.91. The van der Waals surface area contributed by atoms with E-state index in [1.54, 1.807) is 116 Å². The van der Waals surface area contributed by atoms with Crippen molar-refractivity contribution in [2.75, 3.05) is 6.61 Å². The summed E-state index contributed by atoms with van der Waals surface area (Å²) in [7, 11) is 0. The first-order valence-corrected chi connectivity index (χ1v) is 19.7. The molecule has 5 aromatic rings. The molecular weight excluding hydrogens is 789 g/mol. The molecule has 3 saturated heterocycles. The summed E-state index contributed by atoms with van der Waals surface area (Å²) in [5.74, 6) is -3.25. The van der Waals surface area contributed by atoms with Gasteiger partial charge in [0, 0.05) is 5.56 Å². The number of ether oxygens (including phenoxy) is 9. The first-order chi connectivity index (χ1) is 29.7. The average Bonchev–Trinajstić information content (AvgIpc) is 3.30. The Hall–Kier alpha value is -6.26. The van der Waals surface area contributed by atoms with Gasteiger partial charge >= 0.3 is 23.9 Å². The van der Waals surface area contributed by atoms with Crippen molar-refractivity contribution in [3.63, 3.8) is 0 Å². The van der Waals surface area contributed by atoms with Gasteiger partial charge in [-0.25, -0.2) is 19.2 Å². The Morgan fingerprint density at radius 2 is 0.902 bits per heavy atom. The second-order valence-corrected chi connectivity index (χ2v) is 14.5. The van der Waals surface area contributed by atoms with Gasteiger partial charge in [-0.1, -0.05) is 103 Å². The highest BCUT2D eigenvalue weighted by Gasteiger charge is 2.57. The molecule has 14 nitrogen and oxygen atoms in total. The van der Waals surface area contributed by atoms with E-state index in [1.165, 1.54) is 24.3 Å². The van der Waals surface area contributed by atoms with E-state index in [-0.39, 0.29) is 28.9 Å². The van der Waals surface area contributed by atoms with E-state index in [2.05, 4.69) is 0 Å². The van der Waals surface area contributed by atoms with Crippen molar-refractivity contribution in [2.45, 2.75) is 74.6 Å². The lowest BCUT2D eigenvalue weighted by Crippen LogP contribution is -2.67. The topological polar surface area (TPSA) is 172 Å². The van der Waals surface area contributed by atoms with Gasteiger partial charge in [-0.15, -0.1) is 0 Å². The van der Waals surface area contributed by atoms with Crippen LogP contribution < -0.4 is 0 Å². The van der Waals surface area contributed by atoms with E-state index < -0.39 is 91.6 Å². The van der Waals surface area contributed by atoms with Gasteiger partial charge in [-0.3, -0.25) is 0 Å². The van der Waals surface area contributed by atoms with Crippen LogP contribution in [0.3, 0.4) is 0 Å². The second kappa shape index (κ2) is 19.0. The quantitative estimate of drug-likeness (QED) is 0.124. The van der Waals surface area contributed by atoms with Crippen molar-refractivity contribution in [3.8, 4) is 0 Å². The van der Waals surface area contributed by atoms with E-state index in [9.17, 15) is 24.3 Å². The van der Waals surface area contributed by atoms with Crippen molar-refractivity contribution in [1.29, 1.82) is 0 Å². The largest absolute Gasteiger partial charge is 0.452 e. The molecule has 3 aliphatic rings. The zero-order valence-corrected chi connectivity index (χ0v) is 32.7. The molecule has 314 valence electrons. The number of rotatable bonds is 11. The van der Waals surface area contributed by atoms with Crippen LogP contribution in [0.4, 0.5) is 0 Å². The fourth-order valence-electron chi connectivity index (χ4n) is 7.35. The van der Waals surface area contributed by atoms with Gasteiger partial charge in [0.25, 0.3) is 0 Å². The Morgan fingerprint density at radius 1 is 0.492 bits per heavy atom. The Kier molecular flexibility index (Phi) is 12.9. The summed E-state index contributed by atoms with van der Waals surface area (Å²) in [5, 5.41) is 11.5. The fourth-order valence-corrected chi connectivity index (χ4v) is 7.35. The van der Waals surface area contributed by atoms with Crippen molar-refractivity contribution in [1.82, 2.24) is 0 Å². The molecule has 3 fully saturated rings. The zero-order valence-electron chi connectivity index (χ0n) is 32.7. The maximum Gasteiger partial charge on any atom is 0.338 e. The van der Waals surface area contributed by atoms with Crippen LogP contribution in [0.1, 0.15) is 60.2 Å². The van der Waals surface area contributed by atoms with Crippen LogP contribution in [-0.2, 0) is 42.6 Å². The lowest BCUT2D eigenvalue weighted by Gasteiger charge is -2.50. The highest BCUT2D eigenvalue weighted by atomic mass is 16.8. The normalized spacial score (nSPS) is 28.3. The molecule has 0 saturated carbocycles. The SMILES string of the molecule is C[C@@H]1O[C@@H](O[C@H]2[C@@H]3O[C@H](c4ccccc4)OC[C@H]3OC(O)[C@@H]2OC(=O)c2ccccc2)[C@H](OC(=O)c2ccccc2)[C@H](OC(=O)c2ccccc2)[C@H]1OC(=O)c1ccccc1. The van der Waals surface area contributed by atoms with Crippen molar-refractivity contribution in [2.24, 2.45) is 0 Å². The maximum atomic E-state index is 14.0. The predicted octanol–water partition coefficient (Wildman–Crippen LogP) is 5.85. The summed E-state index contributed by atoms with van der Waals surface area (Å²) in [6, 6.07) is 41.5. The van der Waals surface area contributed by atoms with Crippen LogP contribution in [0.15, 0.2) is 152 Å². The number of carbonyl (C=O) groups is 4. The van der Waals surface area contributed by atoms with Gasteiger partial charge in [0.1, 0.15) is 18.3 Å². The molecule has 0 radical (unpaired) electrons. The van der Waals surface area contributed by atoms with Crippen molar-refractivity contribution in [3.05, 3.63) is 179 Å². The van der Waals surface area contributed by atoms with Gasteiger partial charge < -0.3 is 47.7 Å². The van der Waals surface area contributed by atoms with E-state index in [0.717, 1.165) is 0 Å². The second-order valence-electron chi connectivity index (χ2n) is 14.5. The molecular formula is C47H42O14. The number of hydrogen-bond acceptors (Lipinski definition) is 14. The number of benzene rings is 5. The highest BCUT2D eigenvalue weighted by Crippen LogP contribution is 2.39. The molecule has 1 N–H and O–H groups in total. The lowest BCUT2D eigenvalue weighted by atomic mass is 9.95. The molecule has 3 heterocycles. The van der Waals surface area contributed by atoms with Crippen LogP contribution in [0.2, 0.25) is 0 Å². The van der Waals surface area contributed by atoms with E-state index in [4.69, 9.17) is 42.6 Å². The molecule has 8 rings (SSSR count). The van der Waals surface area contributed by atoms with Gasteiger partial charge in [-0.05, 0) is 55.5 Å². The summed E-state index contributed by atoms with van der Waals surface area (Å²) >= 11 is 0. The van der Waals surface area contributed by atoms with Crippen LogP contribution in [0.25, 0.3) is 0 Å². The molecule has 61 heavy (non-hydrogen) atoms. The summed E-state index contributed by atoms with van der Waals surface area (Å²) in [4.78, 5) is 55.1. The summed E-state index contributed by atoms with van der Waals surface area (Å²) in [6.45, 7) is 1.51. The Bertz CT molecular complexity index is 2240. The number of esters is 4. The number of carbonyl (C=O) groups excluding carboxylic acids is 4. The first kappa shape index (κ1) is 41.5. The standard InChI is InChI=1S/C47H42O14/c1-28-35(56-41(48)29-17-7-2-8-18-29)37(57-42(49)30-19-9-3-10-20-30)40(59-44(51)32-23-13-5-14-24-32)47(54-28)61-38-36-34(27-53-46(60-36)33-25-15-6-16-26-33)55-45(52)39(38)58-43(50)31-21-11-4-12-22-31/h2-26,28,34-40,45-47,52H,27H2,1H3/t28-,34+,35-,36+,37+,38-,39+,40+,45?,46+,47-/m0/s1. The molecule has 0 aliphatic carbocycles. The number of hydrogen-bond donors (Lipinski definition) is 1. The van der Waals surface area contributed by atoms with Crippen LogP contribution in [-0.4, -0.2) is 97.0 Å². The van der Waals surface area contributed by atoms with Gasteiger partial charge in [-0.2, -0.15) is 0 Å². The molecule has 14 heteroatoms. The predicted molar refractivity (Wildman–Crippen MR) is 213 cm³/mol.